The first-order valence-corrected chi connectivity index (χ1v) is 12.6. The molecule has 34 heavy (non-hydrogen) atoms. The lowest BCUT2D eigenvalue weighted by Gasteiger charge is -2.43. The minimum Gasteiger partial charge on any atom is -0.381 e. The number of halogens is 1. The zero-order chi connectivity index (χ0) is 23.5. The lowest BCUT2D eigenvalue weighted by molar-refractivity contribution is -0.118. The number of benzene rings is 1. The van der Waals surface area contributed by atoms with Crippen LogP contribution in [0.2, 0.25) is 0 Å². The number of aryl methyl sites for hydroxylation is 1. The Balaban J connectivity index is 1.16. The lowest BCUT2D eigenvalue weighted by Crippen LogP contribution is -2.55. The second kappa shape index (κ2) is 8.25. The molecule has 1 aromatic carbocycles. The first-order valence-electron chi connectivity index (χ1n) is 12.6. The topological polar surface area (TPSA) is 63.7 Å². The monoisotopic (exact) mass is 467 g/mol. The first-order chi connectivity index (χ1) is 16.4. The molecule has 1 amide bonds. The van der Waals surface area contributed by atoms with Gasteiger partial charge in [0.1, 0.15) is 12.0 Å². The number of pyridine rings is 1. The Hall–Kier alpha value is -2.09. The number of fused-ring (bicyclic) bond motifs is 1. The van der Waals surface area contributed by atoms with Crippen LogP contribution >= 0.6 is 0 Å². The smallest absolute Gasteiger partial charge is 0.229 e. The van der Waals surface area contributed by atoms with E-state index in [1.807, 2.05) is 19.2 Å². The highest BCUT2D eigenvalue weighted by molar-refractivity contribution is 5.96. The van der Waals surface area contributed by atoms with Crippen molar-refractivity contribution in [3.8, 4) is 0 Å². The highest BCUT2D eigenvalue weighted by Crippen LogP contribution is 2.58. The summed E-state index contributed by atoms with van der Waals surface area (Å²) in [4.78, 5) is 19.6. The number of piperidine rings is 1. The third-order valence-electron chi connectivity index (χ3n) is 8.99. The number of amides is 1. The van der Waals surface area contributed by atoms with E-state index in [4.69, 9.17) is 9.47 Å². The van der Waals surface area contributed by atoms with E-state index in [0.717, 1.165) is 56.2 Å². The van der Waals surface area contributed by atoms with Gasteiger partial charge in [0.25, 0.3) is 0 Å². The molecule has 1 spiro atoms. The number of hydrogen-bond donors (Lipinski definition) is 1. The molecule has 1 saturated carbocycles. The van der Waals surface area contributed by atoms with Crippen LogP contribution in [0.3, 0.4) is 0 Å². The van der Waals surface area contributed by atoms with Crippen molar-refractivity contribution in [3.05, 3.63) is 35.5 Å². The van der Waals surface area contributed by atoms with Gasteiger partial charge in [-0.15, -0.1) is 0 Å². The zero-order valence-corrected chi connectivity index (χ0v) is 20.1. The molecule has 0 bridgehead atoms. The van der Waals surface area contributed by atoms with E-state index in [9.17, 15) is 9.18 Å². The molecule has 1 aliphatic carbocycles. The Kier molecular flexibility index (Phi) is 5.43. The summed E-state index contributed by atoms with van der Waals surface area (Å²) in [6.07, 6.45) is 4.86. The maximum atomic E-state index is 14.5. The highest BCUT2D eigenvalue weighted by Gasteiger charge is 2.59. The summed E-state index contributed by atoms with van der Waals surface area (Å²) in [5.74, 6) is 1.17. The molecule has 4 heterocycles. The molecule has 4 atom stereocenters. The molecule has 182 valence electrons. The van der Waals surface area contributed by atoms with Crippen molar-refractivity contribution in [1.29, 1.82) is 0 Å². The SMILES string of the molecule is Cc1cc2cnc(NC(=O)[C@@H]3CC34CCOC4)cc2cc1C1CCN([C@]2(C)COC[C@@H]2F)CC1. The minimum absolute atomic E-state index is 0.0438. The van der Waals surface area contributed by atoms with E-state index < -0.39 is 11.7 Å². The van der Waals surface area contributed by atoms with E-state index in [2.05, 4.69) is 34.3 Å². The zero-order valence-electron chi connectivity index (χ0n) is 20.1. The standard InChI is InChI=1S/C27H34FN3O3/c1-17-9-20-13-29-24(30-25(32)22-12-27(22)5-8-33-16-27)11-19(20)10-21(17)18-3-6-31(7-4-18)26(2)15-34-14-23(26)28/h9-11,13,18,22-23H,3-8,12,14-16H2,1-2H3,(H,29,30,32)/t22-,23-,26+,27?/m0/s1. The fraction of sp³-hybridized carbons (Fsp3) is 0.630. The largest absolute Gasteiger partial charge is 0.381 e. The van der Waals surface area contributed by atoms with Crippen LogP contribution in [0.4, 0.5) is 10.2 Å². The quantitative estimate of drug-likeness (QED) is 0.730. The number of carbonyl (C=O) groups is 1. The third kappa shape index (κ3) is 3.73. The summed E-state index contributed by atoms with van der Waals surface area (Å²) in [6, 6.07) is 6.46. The van der Waals surface area contributed by atoms with Crippen molar-refractivity contribution in [2.45, 2.75) is 57.2 Å². The van der Waals surface area contributed by atoms with Gasteiger partial charge in [-0.3, -0.25) is 9.69 Å². The van der Waals surface area contributed by atoms with E-state index in [0.29, 0.717) is 24.9 Å². The molecule has 3 saturated heterocycles. The van der Waals surface area contributed by atoms with Crippen LogP contribution in [-0.2, 0) is 14.3 Å². The maximum absolute atomic E-state index is 14.5. The molecule has 6 nitrogen and oxygen atoms in total. The number of carbonyl (C=O) groups excluding carboxylic acids is 1. The predicted octanol–water partition coefficient (Wildman–Crippen LogP) is 4.21. The minimum atomic E-state index is -0.917. The third-order valence-corrected chi connectivity index (χ3v) is 8.99. The predicted molar refractivity (Wildman–Crippen MR) is 129 cm³/mol. The van der Waals surface area contributed by atoms with Gasteiger partial charge < -0.3 is 14.8 Å². The molecular weight excluding hydrogens is 433 g/mol. The van der Waals surface area contributed by atoms with Crippen molar-refractivity contribution in [1.82, 2.24) is 9.88 Å². The number of aromatic nitrogens is 1. The first kappa shape index (κ1) is 22.4. The van der Waals surface area contributed by atoms with E-state index >= 15 is 0 Å². The van der Waals surface area contributed by atoms with Gasteiger partial charge in [0, 0.05) is 29.5 Å². The molecule has 4 aliphatic rings. The number of ether oxygens (including phenoxy) is 2. The Morgan fingerprint density at radius 3 is 2.71 bits per heavy atom. The number of hydrogen-bond acceptors (Lipinski definition) is 5. The molecule has 1 aromatic heterocycles. The van der Waals surface area contributed by atoms with Gasteiger partial charge >= 0.3 is 0 Å². The van der Waals surface area contributed by atoms with Gasteiger partial charge in [-0.25, -0.2) is 9.37 Å². The number of rotatable bonds is 4. The molecule has 1 N–H and O–H groups in total. The van der Waals surface area contributed by atoms with Crippen molar-refractivity contribution in [2.24, 2.45) is 11.3 Å². The summed E-state index contributed by atoms with van der Waals surface area (Å²) < 4.78 is 25.4. The number of nitrogens with one attached hydrogen (secondary N) is 1. The van der Waals surface area contributed by atoms with Gasteiger partial charge in [-0.2, -0.15) is 0 Å². The average Bonchev–Trinajstić information content (AvgIpc) is 3.14. The van der Waals surface area contributed by atoms with Gasteiger partial charge in [-0.05, 0) is 87.2 Å². The Bertz CT molecular complexity index is 1110. The van der Waals surface area contributed by atoms with Gasteiger partial charge in [-0.1, -0.05) is 6.07 Å². The summed E-state index contributed by atoms with van der Waals surface area (Å²) >= 11 is 0. The highest BCUT2D eigenvalue weighted by atomic mass is 19.1. The van der Waals surface area contributed by atoms with Crippen molar-refractivity contribution >= 4 is 22.5 Å². The summed E-state index contributed by atoms with van der Waals surface area (Å²) in [7, 11) is 0. The number of alkyl halides is 1. The molecule has 4 fully saturated rings. The summed E-state index contributed by atoms with van der Waals surface area (Å²) in [5, 5.41) is 5.23. The van der Waals surface area contributed by atoms with Crippen LogP contribution in [0.25, 0.3) is 10.8 Å². The summed E-state index contributed by atoms with van der Waals surface area (Å²) in [5.41, 5.74) is 2.20. The van der Waals surface area contributed by atoms with Crippen LogP contribution in [0.15, 0.2) is 24.4 Å². The van der Waals surface area contributed by atoms with Crippen LogP contribution in [0.1, 0.15) is 49.7 Å². The van der Waals surface area contributed by atoms with E-state index in [1.165, 1.54) is 11.1 Å². The molecule has 0 radical (unpaired) electrons. The van der Waals surface area contributed by atoms with E-state index in [1.54, 1.807) is 0 Å². The van der Waals surface area contributed by atoms with Crippen LogP contribution < -0.4 is 5.32 Å². The van der Waals surface area contributed by atoms with E-state index in [-0.39, 0.29) is 23.8 Å². The van der Waals surface area contributed by atoms with Crippen molar-refractivity contribution in [2.75, 3.05) is 44.8 Å². The van der Waals surface area contributed by atoms with Crippen molar-refractivity contribution in [3.63, 3.8) is 0 Å². The van der Waals surface area contributed by atoms with Gasteiger partial charge in [0.2, 0.25) is 5.91 Å². The molecule has 7 heteroatoms. The van der Waals surface area contributed by atoms with Crippen LogP contribution in [0, 0.1) is 18.3 Å². The average molecular weight is 468 g/mol. The molecule has 6 rings (SSSR count). The molecule has 2 aromatic rings. The number of nitrogens with zero attached hydrogens (tertiary/aromatic N) is 2. The molecular formula is C27H34FN3O3. The number of likely N-dealkylation sites (tertiary alicyclic amines) is 1. The Labute approximate surface area is 200 Å². The van der Waals surface area contributed by atoms with Gasteiger partial charge in [0.15, 0.2) is 0 Å². The Morgan fingerprint density at radius 1 is 1.18 bits per heavy atom. The second-order valence-electron chi connectivity index (χ2n) is 11.1. The second-order valence-corrected chi connectivity index (χ2v) is 11.1. The normalized spacial score (nSPS) is 34.2. The van der Waals surface area contributed by atoms with Crippen LogP contribution in [0.5, 0.6) is 0 Å². The summed E-state index contributed by atoms with van der Waals surface area (Å²) in [6.45, 7) is 8.08. The van der Waals surface area contributed by atoms with Gasteiger partial charge in [0.05, 0.1) is 25.4 Å². The fourth-order valence-corrected chi connectivity index (χ4v) is 6.45. The maximum Gasteiger partial charge on any atom is 0.229 e. The molecule has 3 aliphatic heterocycles. The molecule has 1 unspecified atom stereocenters. The lowest BCUT2D eigenvalue weighted by atomic mass is 9.83. The van der Waals surface area contributed by atoms with Crippen LogP contribution in [-0.4, -0.2) is 67.0 Å². The van der Waals surface area contributed by atoms with Crippen molar-refractivity contribution < 1.29 is 18.7 Å². The number of anilines is 1. The Morgan fingerprint density at radius 2 is 2.00 bits per heavy atom. The fourth-order valence-electron chi connectivity index (χ4n) is 6.45.